The van der Waals surface area contributed by atoms with Crippen molar-refractivity contribution in [2.24, 2.45) is 46.3 Å². The lowest BCUT2D eigenvalue weighted by Gasteiger charge is -2.61. The van der Waals surface area contributed by atoms with Crippen molar-refractivity contribution >= 4 is 22.3 Å². The van der Waals surface area contributed by atoms with Gasteiger partial charge in [-0.15, -0.1) is 0 Å². The molecule has 0 unspecified atom stereocenters. The van der Waals surface area contributed by atoms with Crippen LogP contribution in [0.4, 0.5) is 0 Å². The zero-order valence-corrected chi connectivity index (χ0v) is 22.1. The first-order valence-electron chi connectivity index (χ1n) is 13.4. The van der Waals surface area contributed by atoms with E-state index in [1.807, 2.05) is 0 Å². The molecule has 4 saturated carbocycles. The summed E-state index contributed by atoms with van der Waals surface area (Å²) in [5.74, 6) is 1.88. The number of amides is 1. The molecule has 4 aliphatic rings. The van der Waals surface area contributed by atoms with E-state index in [-0.39, 0.29) is 16.7 Å². The molecule has 0 bridgehead atoms. The average Bonchev–Trinajstić information content (AvgIpc) is 3.12. The van der Waals surface area contributed by atoms with Gasteiger partial charge in [0.15, 0.2) is 0 Å². The zero-order valence-electron chi connectivity index (χ0n) is 21.3. The molecule has 4 aliphatic carbocycles. The Balaban J connectivity index is 1.39. The van der Waals surface area contributed by atoms with Gasteiger partial charge < -0.3 is 19.8 Å². The van der Waals surface area contributed by atoms with Crippen LogP contribution in [0.1, 0.15) is 91.4 Å². The third-order valence-electron chi connectivity index (χ3n) is 10.9. The molecule has 1 N–H and O–H groups in total. The van der Waals surface area contributed by atoms with E-state index in [2.05, 4.69) is 26.1 Å². The molecule has 0 aromatic heterocycles. The van der Waals surface area contributed by atoms with Crippen LogP contribution in [0.25, 0.3) is 0 Å². The van der Waals surface area contributed by atoms with Gasteiger partial charge in [-0.2, -0.15) is 0 Å². The summed E-state index contributed by atoms with van der Waals surface area (Å²) in [5, 5.41) is 13.0. The summed E-state index contributed by atoms with van der Waals surface area (Å²) in [7, 11) is -4.66. The number of fused-ring (bicyclic) bond motifs is 5. The maximum atomic E-state index is 12.0. The molecular formula is C26H41NO7S-2. The Morgan fingerprint density at radius 1 is 1.03 bits per heavy atom. The molecule has 8 nitrogen and oxygen atoms in total. The van der Waals surface area contributed by atoms with Crippen molar-refractivity contribution in [2.75, 3.05) is 6.54 Å². The smallest absolute Gasteiger partial charge is 0.220 e. The molecular weight excluding hydrogens is 470 g/mol. The molecule has 0 saturated heterocycles. The lowest BCUT2D eigenvalue weighted by Crippen LogP contribution is -2.54. The van der Waals surface area contributed by atoms with Gasteiger partial charge in [0, 0.05) is 6.42 Å². The van der Waals surface area contributed by atoms with Gasteiger partial charge in [-0.1, -0.05) is 20.8 Å². The van der Waals surface area contributed by atoms with Gasteiger partial charge in [-0.25, -0.2) is 8.42 Å². The molecule has 0 heterocycles. The van der Waals surface area contributed by atoms with Crippen molar-refractivity contribution in [3.8, 4) is 0 Å². The van der Waals surface area contributed by atoms with Crippen molar-refractivity contribution in [3.05, 3.63) is 0 Å². The second kappa shape index (κ2) is 9.93. The summed E-state index contributed by atoms with van der Waals surface area (Å²) < 4.78 is 38.2. The molecule has 0 spiro atoms. The van der Waals surface area contributed by atoms with Crippen LogP contribution >= 0.6 is 0 Å². The van der Waals surface area contributed by atoms with Gasteiger partial charge >= 0.3 is 0 Å². The summed E-state index contributed by atoms with van der Waals surface area (Å²) in [4.78, 5) is 22.6. The van der Waals surface area contributed by atoms with E-state index in [0.29, 0.717) is 54.8 Å². The fourth-order valence-electron chi connectivity index (χ4n) is 9.27. The van der Waals surface area contributed by atoms with E-state index in [0.717, 1.165) is 25.7 Å². The molecule has 9 heteroatoms. The van der Waals surface area contributed by atoms with E-state index in [1.54, 1.807) is 0 Å². The molecule has 1 amide bonds. The summed E-state index contributed by atoms with van der Waals surface area (Å²) in [5.41, 5.74) is 0.444. The summed E-state index contributed by atoms with van der Waals surface area (Å²) in [6, 6.07) is 0. The number of carboxylic acid groups (broad SMARTS) is 1. The fraction of sp³-hybridized carbons (Fsp3) is 0.923. The standard InChI is InChI=1S/C26H43NO7S/c1-16(4-9-23(28)27-15-24(29)30)20-7-8-21-19-6-5-17-14-18(34-35(31,32)33)10-12-25(17,2)22(19)11-13-26(20,21)3/h16-22H,4-15H2,1-3H3,(H,27,28)(H,29,30)(H,31,32,33)/p-2/t16-,17-,18-,19+,20-,21+,22+,25+,26-/m1/s1. The highest BCUT2D eigenvalue weighted by Gasteiger charge is 2.60. The molecule has 200 valence electrons. The number of hydrogen-bond donors (Lipinski definition) is 1. The number of rotatable bonds is 8. The van der Waals surface area contributed by atoms with E-state index in [9.17, 15) is 27.7 Å². The molecule has 0 aromatic carbocycles. The fourth-order valence-corrected chi connectivity index (χ4v) is 9.78. The van der Waals surface area contributed by atoms with Crippen LogP contribution in [0.2, 0.25) is 0 Å². The van der Waals surface area contributed by atoms with Crippen LogP contribution in [0.15, 0.2) is 0 Å². The molecule has 0 aromatic rings. The Bertz CT molecular complexity index is 923. The van der Waals surface area contributed by atoms with E-state index in [4.69, 9.17) is 4.18 Å². The maximum absolute atomic E-state index is 12.0. The van der Waals surface area contributed by atoms with E-state index >= 15 is 0 Å². The van der Waals surface area contributed by atoms with Gasteiger partial charge in [0.1, 0.15) is 0 Å². The van der Waals surface area contributed by atoms with E-state index in [1.165, 1.54) is 25.7 Å². The maximum Gasteiger partial charge on any atom is 0.220 e. The van der Waals surface area contributed by atoms with Gasteiger partial charge in [-0.05, 0) is 111 Å². The Morgan fingerprint density at radius 3 is 2.40 bits per heavy atom. The van der Waals surface area contributed by atoms with Crippen LogP contribution < -0.4 is 10.4 Å². The Hall–Kier alpha value is -1.19. The highest BCUT2D eigenvalue weighted by molar-refractivity contribution is 7.80. The van der Waals surface area contributed by atoms with Gasteiger partial charge in [0.25, 0.3) is 0 Å². The third-order valence-corrected chi connectivity index (χ3v) is 11.4. The molecule has 4 fully saturated rings. The minimum Gasteiger partial charge on any atom is -0.726 e. The first kappa shape index (κ1) is 26.9. The van der Waals surface area contributed by atoms with Crippen molar-refractivity contribution in [3.63, 3.8) is 0 Å². The number of hydrogen-bond acceptors (Lipinski definition) is 7. The minimum atomic E-state index is -4.66. The predicted octanol–water partition coefficient (Wildman–Crippen LogP) is 2.77. The number of aliphatic carboxylic acids is 1. The highest BCUT2D eigenvalue weighted by Crippen LogP contribution is 2.68. The number of carbonyl (C=O) groups excluding carboxylic acids is 2. The van der Waals surface area contributed by atoms with Crippen molar-refractivity contribution in [2.45, 2.75) is 97.5 Å². The first-order valence-corrected chi connectivity index (χ1v) is 14.8. The lowest BCUT2D eigenvalue weighted by molar-refractivity contribution is -0.304. The zero-order chi connectivity index (χ0) is 25.6. The molecule has 9 atom stereocenters. The van der Waals surface area contributed by atoms with Crippen LogP contribution in [0.3, 0.4) is 0 Å². The monoisotopic (exact) mass is 511 g/mol. The van der Waals surface area contributed by atoms with Crippen molar-refractivity contribution < 1.29 is 31.8 Å². The van der Waals surface area contributed by atoms with Gasteiger partial charge in [0.2, 0.25) is 16.3 Å². The third kappa shape index (κ3) is 5.42. The molecule has 0 aliphatic heterocycles. The second-order valence-electron chi connectivity index (χ2n) is 12.5. The Kier molecular flexibility index (Phi) is 7.62. The van der Waals surface area contributed by atoms with Crippen LogP contribution in [-0.4, -0.2) is 37.5 Å². The number of nitrogens with one attached hydrogen (secondary N) is 1. The van der Waals surface area contributed by atoms with Gasteiger partial charge in [-0.3, -0.25) is 8.98 Å². The second-order valence-corrected chi connectivity index (χ2v) is 13.5. The highest BCUT2D eigenvalue weighted by atomic mass is 32.3. The SMILES string of the molecule is C[C@H](CCC(=O)NCC(=O)[O-])[C@H]1CC[C@H]2[C@@H]3CC[C@@H]4C[C@H](OS(=O)(=O)[O-])CC[C@]4(C)[C@H]3CC[C@]12C. The molecule has 35 heavy (non-hydrogen) atoms. The van der Waals surface area contributed by atoms with Crippen LogP contribution in [0.5, 0.6) is 0 Å². The quantitative estimate of drug-likeness (QED) is 0.391. The molecule has 4 rings (SSSR count). The Morgan fingerprint density at radius 2 is 1.71 bits per heavy atom. The largest absolute Gasteiger partial charge is 0.726 e. The summed E-state index contributed by atoms with van der Waals surface area (Å²) in [6.07, 6.45) is 9.88. The van der Waals surface area contributed by atoms with E-state index < -0.39 is 29.0 Å². The number of carbonyl (C=O) groups is 2. The predicted molar refractivity (Wildman–Crippen MR) is 126 cm³/mol. The Labute approximate surface area is 209 Å². The molecule has 0 radical (unpaired) electrons. The van der Waals surface area contributed by atoms with Crippen molar-refractivity contribution in [1.29, 1.82) is 0 Å². The number of carboxylic acids is 1. The summed E-state index contributed by atoms with van der Waals surface area (Å²) in [6.45, 7) is 6.69. The van der Waals surface area contributed by atoms with Crippen molar-refractivity contribution in [1.82, 2.24) is 5.32 Å². The normalized spacial score (nSPS) is 41.8. The first-order chi connectivity index (χ1) is 16.3. The van der Waals surface area contributed by atoms with Gasteiger partial charge in [0.05, 0.1) is 18.6 Å². The lowest BCUT2D eigenvalue weighted by atomic mass is 9.44. The minimum absolute atomic E-state index is 0.178. The van der Waals surface area contributed by atoms with Crippen LogP contribution in [0, 0.1) is 46.3 Å². The van der Waals surface area contributed by atoms with Crippen LogP contribution in [-0.2, 0) is 24.2 Å². The summed E-state index contributed by atoms with van der Waals surface area (Å²) >= 11 is 0. The topological polar surface area (TPSA) is 136 Å². The average molecular weight is 512 g/mol.